The van der Waals surface area contributed by atoms with Gasteiger partial charge in [0.25, 0.3) is 0 Å². The minimum Gasteiger partial charge on any atom is -0.314 e. The second-order valence-electron chi connectivity index (χ2n) is 5.63. The van der Waals surface area contributed by atoms with Crippen LogP contribution in [0.1, 0.15) is 39.7 Å². The summed E-state index contributed by atoms with van der Waals surface area (Å²) in [5, 5.41) is 3.50. The van der Waals surface area contributed by atoms with E-state index in [0.29, 0.717) is 10.5 Å². The topological polar surface area (TPSA) is 12.0 Å². The van der Waals surface area contributed by atoms with Crippen LogP contribution in [0.3, 0.4) is 0 Å². The molecule has 0 aliphatic heterocycles. The first-order chi connectivity index (χ1) is 8.36. The predicted octanol–water partition coefficient (Wildman–Crippen LogP) is 4.55. The van der Waals surface area contributed by atoms with Gasteiger partial charge in [-0.3, -0.25) is 0 Å². The van der Waals surface area contributed by atoms with Crippen molar-refractivity contribution < 1.29 is 4.39 Å². The van der Waals surface area contributed by atoms with Gasteiger partial charge in [-0.15, -0.1) is 0 Å². The van der Waals surface area contributed by atoms with Crippen LogP contribution in [0.4, 0.5) is 4.39 Å². The molecule has 1 unspecified atom stereocenters. The van der Waals surface area contributed by atoms with E-state index in [0.717, 1.165) is 19.4 Å². The maximum atomic E-state index is 13.2. The Labute approximate surface area is 118 Å². The molecule has 0 aliphatic carbocycles. The van der Waals surface area contributed by atoms with Crippen LogP contribution in [0.25, 0.3) is 0 Å². The highest BCUT2D eigenvalue weighted by molar-refractivity contribution is 9.10. The predicted molar refractivity (Wildman–Crippen MR) is 79.3 cm³/mol. The zero-order valence-electron chi connectivity index (χ0n) is 11.7. The molecule has 1 aromatic rings. The Morgan fingerprint density at radius 2 is 2.06 bits per heavy atom. The molecule has 18 heavy (non-hydrogen) atoms. The molecule has 0 spiro atoms. The molecule has 1 N–H and O–H groups in total. The molecule has 3 heteroatoms. The lowest BCUT2D eigenvalue weighted by molar-refractivity contribution is 0.281. The number of halogens is 2. The van der Waals surface area contributed by atoms with Crippen LogP contribution in [0, 0.1) is 11.2 Å². The van der Waals surface area contributed by atoms with Crippen LogP contribution >= 0.6 is 15.9 Å². The first kappa shape index (κ1) is 15.6. The van der Waals surface area contributed by atoms with Crippen LogP contribution in [-0.2, 0) is 6.42 Å². The molecule has 1 atom stereocenters. The molecule has 0 aliphatic rings. The third kappa shape index (κ3) is 4.69. The van der Waals surface area contributed by atoms with Crippen molar-refractivity contribution in [1.29, 1.82) is 0 Å². The summed E-state index contributed by atoms with van der Waals surface area (Å²) in [6.45, 7) is 9.78. The molecule has 0 fully saturated rings. The van der Waals surface area contributed by atoms with E-state index in [9.17, 15) is 4.39 Å². The third-order valence-electron chi connectivity index (χ3n) is 3.41. The Morgan fingerprint density at radius 1 is 1.39 bits per heavy atom. The van der Waals surface area contributed by atoms with Gasteiger partial charge in [-0.05, 0) is 51.9 Å². The van der Waals surface area contributed by atoms with Crippen LogP contribution in [0.15, 0.2) is 22.7 Å². The minimum absolute atomic E-state index is 0.197. The van der Waals surface area contributed by atoms with E-state index < -0.39 is 0 Å². The van der Waals surface area contributed by atoms with Gasteiger partial charge in [0.15, 0.2) is 0 Å². The maximum absolute atomic E-state index is 13.2. The Hall–Kier alpha value is -0.410. The van der Waals surface area contributed by atoms with E-state index >= 15 is 0 Å². The molecular weight excluding hydrogens is 293 g/mol. The van der Waals surface area contributed by atoms with Crippen molar-refractivity contribution >= 4 is 15.9 Å². The van der Waals surface area contributed by atoms with Crippen molar-refractivity contribution in [1.82, 2.24) is 5.32 Å². The largest absolute Gasteiger partial charge is 0.314 e. The second kappa shape index (κ2) is 6.67. The molecule has 0 bridgehead atoms. The van der Waals surface area contributed by atoms with Crippen molar-refractivity contribution in [2.24, 2.45) is 5.41 Å². The summed E-state index contributed by atoms with van der Waals surface area (Å²) in [5.41, 5.74) is 1.39. The average molecular weight is 316 g/mol. The van der Waals surface area contributed by atoms with Crippen LogP contribution in [0.2, 0.25) is 0 Å². The van der Waals surface area contributed by atoms with E-state index in [1.165, 1.54) is 11.6 Å². The summed E-state index contributed by atoms with van der Waals surface area (Å²) in [7, 11) is 0. The van der Waals surface area contributed by atoms with Crippen LogP contribution in [-0.4, -0.2) is 12.6 Å². The van der Waals surface area contributed by atoms with Gasteiger partial charge in [-0.1, -0.05) is 33.8 Å². The number of benzene rings is 1. The molecule has 102 valence electrons. The first-order valence-electron chi connectivity index (χ1n) is 6.53. The summed E-state index contributed by atoms with van der Waals surface area (Å²) in [4.78, 5) is 0. The number of hydrogen-bond acceptors (Lipinski definition) is 1. The average Bonchev–Trinajstić information content (AvgIpc) is 2.31. The van der Waals surface area contributed by atoms with E-state index in [-0.39, 0.29) is 11.2 Å². The van der Waals surface area contributed by atoms with Gasteiger partial charge < -0.3 is 5.32 Å². The van der Waals surface area contributed by atoms with Crippen LogP contribution in [0.5, 0.6) is 0 Å². The van der Waals surface area contributed by atoms with E-state index in [2.05, 4.69) is 48.9 Å². The lowest BCUT2D eigenvalue weighted by Crippen LogP contribution is -2.36. The van der Waals surface area contributed by atoms with Gasteiger partial charge in [-0.2, -0.15) is 0 Å². The van der Waals surface area contributed by atoms with Crippen molar-refractivity contribution in [3.8, 4) is 0 Å². The molecule has 0 radical (unpaired) electrons. The molecule has 0 heterocycles. The Morgan fingerprint density at radius 3 is 2.56 bits per heavy atom. The lowest BCUT2D eigenvalue weighted by Gasteiger charge is -2.30. The smallest absolute Gasteiger partial charge is 0.137 e. The number of nitrogens with one attached hydrogen (secondary N) is 1. The fourth-order valence-corrected chi connectivity index (χ4v) is 2.33. The summed E-state index contributed by atoms with van der Waals surface area (Å²) in [6.07, 6.45) is 2.06. The molecule has 0 amide bonds. The van der Waals surface area contributed by atoms with Gasteiger partial charge in [-0.25, -0.2) is 4.39 Å². The van der Waals surface area contributed by atoms with E-state index in [1.54, 1.807) is 0 Å². The number of rotatable bonds is 6. The molecule has 1 aromatic carbocycles. The van der Waals surface area contributed by atoms with E-state index in [1.807, 2.05) is 12.1 Å². The maximum Gasteiger partial charge on any atom is 0.137 e. The third-order valence-corrected chi connectivity index (χ3v) is 4.01. The Kier molecular flexibility index (Phi) is 5.80. The lowest BCUT2D eigenvalue weighted by atomic mass is 9.81. The minimum atomic E-state index is -0.197. The van der Waals surface area contributed by atoms with Gasteiger partial charge in [0, 0.05) is 12.6 Å². The van der Waals surface area contributed by atoms with Crippen molar-refractivity contribution in [2.45, 2.75) is 46.6 Å². The highest BCUT2D eigenvalue weighted by atomic mass is 79.9. The molecule has 0 aromatic heterocycles. The van der Waals surface area contributed by atoms with E-state index in [4.69, 9.17) is 0 Å². The molecule has 1 rings (SSSR count). The van der Waals surface area contributed by atoms with Crippen molar-refractivity contribution in [3.05, 3.63) is 34.1 Å². The van der Waals surface area contributed by atoms with Crippen molar-refractivity contribution in [3.63, 3.8) is 0 Å². The Bertz CT molecular complexity index is 392. The second-order valence-corrected chi connectivity index (χ2v) is 6.48. The fraction of sp³-hybridized carbons (Fsp3) is 0.600. The Balaban J connectivity index is 2.74. The zero-order valence-corrected chi connectivity index (χ0v) is 13.3. The van der Waals surface area contributed by atoms with Crippen molar-refractivity contribution in [2.75, 3.05) is 6.54 Å². The van der Waals surface area contributed by atoms with Gasteiger partial charge in [0.1, 0.15) is 5.82 Å². The van der Waals surface area contributed by atoms with Gasteiger partial charge in [0.05, 0.1) is 4.47 Å². The molecule has 0 saturated heterocycles. The van der Waals surface area contributed by atoms with Gasteiger partial charge >= 0.3 is 0 Å². The normalized spacial score (nSPS) is 14.8. The van der Waals surface area contributed by atoms with Crippen LogP contribution < -0.4 is 5.32 Å². The number of hydrogen-bond donors (Lipinski definition) is 1. The molecular formula is C15H23BrFN. The zero-order chi connectivity index (χ0) is 13.8. The fourth-order valence-electron chi connectivity index (χ4n) is 1.91. The highest BCUT2D eigenvalue weighted by Crippen LogP contribution is 2.28. The summed E-state index contributed by atoms with van der Waals surface area (Å²) < 4.78 is 13.8. The summed E-state index contributed by atoms with van der Waals surface area (Å²) in [6, 6.07) is 5.80. The first-order valence-corrected chi connectivity index (χ1v) is 7.33. The van der Waals surface area contributed by atoms with Gasteiger partial charge in [0.2, 0.25) is 0 Å². The molecule has 1 nitrogen and oxygen atoms in total. The SMILES string of the molecule is CCC(C)(CNC(C)C)Cc1ccc(F)c(Br)c1. The molecule has 0 saturated carbocycles. The summed E-state index contributed by atoms with van der Waals surface area (Å²) >= 11 is 3.25. The standard InChI is InChI=1S/C15H23BrFN/c1-5-15(4,10-18-11(2)3)9-12-6-7-14(17)13(16)8-12/h6-8,11,18H,5,9-10H2,1-4H3. The summed E-state index contributed by atoms with van der Waals surface area (Å²) in [5.74, 6) is -0.197. The highest BCUT2D eigenvalue weighted by Gasteiger charge is 2.23. The quantitative estimate of drug-likeness (QED) is 0.812. The monoisotopic (exact) mass is 315 g/mol.